The van der Waals surface area contributed by atoms with E-state index >= 15 is 0 Å². The van der Waals surface area contributed by atoms with E-state index in [0.29, 0.717) is 0 Å². The Morgan fingerprint density at radius 2 is 2.21 bits per heavy atom. The molecule has 4 heterocycles. The van der Waals surface area contributed by atoms with Crippen LogP contribution in [-0.2, 0) is 17.8 Å². The predicted molar refractivity (Wildman–Crippen MR) is 89.4 cm³/mol. The van der Waals surface area contributed by atoms with Gasteiger partial charge < -0.3 is 14.6 Å². The fourth-order valence-electron chi connectivity index (χ4n) is 3.33. The Bertz CT molecular complexity index is 810. The Hall–Kier alpha value is -2.25. The van der Waals surface area contributed by atoms with Crippen LogP contribution in [-0.4, -0.2) is 36.6 Å². The highest BCUT2D eigenvalue weighted by Gasteiger charge is 2.30. The van der Waals surface area contributed by atoms with E-state index in [2.05, 4.69) is 31.8 Å². The molecule has 4 rings (SSSR count). The topological polar surface area (TPSA) is 69.3 Å². The van der Waals surface area contributed by atoms with Crippen molar-refractivity contribution in [3.63, 3.8) is 0 Å². The minimum atomic E-state index is -0.00832. The average Bonchev–Trinajstić information content (AvgIpc) is 3.27. The molecule has 2 atom stereocenters. The van der Waals surface area contributed by atoms with Gasteiger partial charge in [-0.05, 0) is 25.8 Å². The smallest absolute Gasteiger partial charge is 0.233 e. The van der Waals surface area contributed by atoms with E-state index in [0.717, 1.165) is 49.8 Å². The van der Waals surface area contributed by atoms with Crippen LogP contribution in [0.15, 0.2) is 37.1 Å². The van der Waals surface area contributed by atoms with Gasteiger partial charge in [-0.25, -0.2) is 15.0 Å². The molecular formula is C17H22N6O. The van der Waals surface area contributed by atoms with Crippen LogP contribution in [0.2, 0.25) is 0 Å². The molecule has 126 valence electrons. The third-order valence-corrected chi connectivity index (χ3v) is 4.58. The number of aromatic nitrogens is 5. The lowest BCUT2D eigenvalue weighted by molar-refractivity contribution is -0.0183. The van der Waals surface area contributed by atoms with E-state index in [-0.39, 0.29) is 12.1 Å². The molecule has 0 spiro atoms. The summed E-state index contributed by atoms with van der Waals surface area (Å²) in [5.74, 6) is 1.74. The lowest BCUT2D eigenvalue weighted by Gasteiger charge is -2.32. The molecule has 0 bridgehead atoms. The SMILES string of the molecule is CCn1ccnc1[C@H]1OCCC[C@@H]1NCc1cnc2ncccn12. The van der Waals surface area contributed by atoms with Crippen LogP contribution in [0.5, 0.6) is 0 Å². The fourth-order valence-corrected chi connectivity index (χ4v) is 3.33. The summed E-state index contributed by atoms with van der Waals surface area (Å²) in [5, 5.41) is 3.64. The van der Waals surface area contributed by atoms with Crippen LogP contribution in [0.3, 0.4) is 0 Å². The molecule has 0 amide bonds. The lowest BCUT2D eigenvalue weighted by atomic mass is 10.0. The number of ether oxygens (including phenoxy) is 1. The number of nitrogens with one attached hydrogen (secondary N) is 1. The molecule has 3 aromatic rings. The van der Waals surface area contributed by atoms with Crippen LogP contribution >= 0.6 is 0 Å². The summed E-state index contributed by atoms with van der Waals surface area (Å²) in [6, 6.07) is 2.16. The largest absolute Gasteiger partial charge is 0.369 e. The van der Waals surface area contributed by atoms with Gasteiger partial charge in [0.05, 0.1) is 11.9 Å². The molecule has 1 saturated heterocycles. The Morgan fingerprint density at radius 1 is 1.25 bits per heavy atom. The van der Waals surface area contributed by atoms with Gasteiger partial charge in [0.1, 0.15) is 11.9 Å². The molecule has 1 aliphatic heterocycles. The van der Waals surface area contributed by atoms with Crippen molar-refractivity contribution < 1.29 is 4.74 Å². The van der Waals surface area contributed by atoms with Gasteiger partial charge in [-0.2, -0.15) is 0 Å². The quantitative estimate of drug-likeness (QED) is 0.776. The Labute approximate surface area is 140 Å². The maximum atomic E-state index is 6.05. The minimum Gasteiger partial charge on any atom is -0.369 e. The van der Waals surface area contributed by atoms with Crippen molar-refractivity contribution >= 4 is 5.78 Å². The molecule has 1 aliphatic rings. The summed E-state index contributed by atoms with van der Waals surface area (Å²) in [6.45, 7) is 4.55. The third-order valence-electron chi connectivity index (χ3n) is 4.58. The second kappa shape index (κ2) is 6.70. The number of nitrogens with zero attached hydrogens (tertiary/aromatic N) is 5. The highest BCUT2D eigenvalue weighted by Crippen LogP contribution is 2.27. The highest BCUT2D eigenvalue weighted by molar-refractivity contribution is 5.30. The third kappa shape index (κ3) is 2.81. The summed E-state index contributed by atoms with van der Waals surface area (Å²) >= 11 is 0. The normalized spacial score (nSPS) is 21.4. The van der Waals surface area contributed by atoms with E-state index < -0.39 is 0 Å². The van der Waals surface area contributed by atoms with E-state index in [1.807, 2.05) is 35.3 Å². The first-order valence-corrected chi connectivity index (χ1v) is 8.50. The number of imidazole rings is 2. The summed E-state index contributed by atoms with van der Waals surface area (Å²) in [4.78, 5) is 13.1. The van der Waals surface area contributed by atoms with Crippen LogP contribution in [0, 0.1) is 0 Å². The molecule has 0 aromatic carbocycles. The second-order valence-electron chi connectivity index (χ2n) is 6.03. The summed E-state index contributed by atoms with van der Waals surface area (Å²) < 4.78 is 10.2. The Morgan fingerprint density at radius 3 is 3.12 bits per heavy atom. The van der Waals surface area contributed by atoms with Crippen LogP contribution in [0.4, 0.5) is 0 Å². The molecule has 0 aliphatic carbocycles. The van der Waals surface area contributed by atoms with Gasteiger partial charge in [-0.1, -0.05) is 0 Å². The van der Waals surface area contributed by atoms with E-state index in [1.165, 1.54) is 0 Å². The maximum Gasteiger partial charge on any atom is 0.233 e. The fraction of sp³-hybridized carbons (Fsp3) is 0.471. The standard InChI is InChI=1S/C17H22N6O/c1-2-22-9-7-18-16(22)15-14(5-3-10-24-15)20-11-13-12-21-17-19-6-4-8-23(13)17/h4,6-9,12,14-15,20H,2-3,5,10-11H2,1H3/t14-,15-/m0/s1. The van der Waals surface area contributed by atoms with Crippen LogP contribution < -0.4 is 5.32 Å². The summed E-state index contributed by atoms with van der Waals surface area (Å²) in [6.07, 6.45) is 11.6. The molecule has 0 saturated carbocycles. The molecule has 24 heavy (non-hydrogen) atoms. The first kappa shape index (κ1) is 15.3. The predicted octanol–water partition coefficient (Wildman–Crippen LogP) is 1.96. The number of fused-ring (bicyclic) bond motifs is 1. The zero-order valence-corrected chi connectivity index (χ0v) is 13.8. The lowest BCUT2D eigenvalue weighted by Crippen LogP contribution is -2.40. The first-order valence-electron chi connectivity index (χ1n) is 8.50. The van der Waals surface area contributed by atoms with E-state index in [1.54, 1.807) is 6.20 Å². The average molecular weight is 326 g/mol. The summed E-state index contributed by atoms with van der Waals surface area (Å²) in [5.41, 5.74) is 1.10. The van der Waals surface area contributed by atoms with Gasteiger partial charge in [-0.15, -0.1) is 0 Å². The molecule has 0 radical (unpaired) electrons. The van der Waals surface area contributed by atoms with Crippen LogP contribution in [0.25, 0.3) is 5.78 Å². The molecule has 7 heteroatoms. The first-order chi connectivity index (χ1) is 11.9. The second-order valence-corrected chi connectivity index (χ2v) is 6.03. The molecule has 1 fully saturated rings. The molecule has 0 unspecified atom stereocenters. The molecule has 1 N–H and O–H groups in total. The zero-order chi connectivity index (χ0) is 16.4. The number of rotatable bonds is 5. The minimum absolute atomic E-state index is 0.00832. The number of hydrogen-bond acceptors (Lipinski definition) is 5. The van der Waals surface area contributed by atoms with Crippen molar-refractivity contribution in [2.45, 2.75) is 45.0 Å². The van der Waals surface area contributed by atoms with Gasteiger partial charge in [0.2, 0.25) is 5.78 Å². The van der Waals surface area contributed by atoms with Gasteiger partial charge in [0.15, 0.2) is 0 Å². The number of hydrogen-bond donors (Lipinski definition) is 1. The number of aryl methyl sites for hydroxylation is 1. The van der Waals surface area contributed by atoms with Gasteiger partial charge >= 0.3 is 0 Å². The maximum absolute atomic E-state index is 6.05. The van der Waals surface area contributed by atoms with Crippen molar-refractivity contribution in [3.8, 4) is 0 Å². The molecular weight excluding hydrogens is 304 g/mol. The molecule has 7 nitrogen and oxygen atoms in total. The van der Waals surface area contributed by atoms with E-state index in [9.17, 15) is 0 Å². The zero-order valence-electron chi connectivity index (χ0n) is 13.8. The van der Waals surface area contributed by atoms with Crippen molar-refractivity contribution in [2.75, 3.05) is 6.61 Å². The van der Waals surface area contributed by atoms with Gasteiger partial charge in [0.25, 0.3) is 0 Å². The van der Waals surface area contributed by atoms with E-state index in [4.69, 9.17) is 4.74 Å². The van der Waals surface area contributed by atoms with Gasteiger partial charge in [0, 0.05) is 50.5 Å². The molecule has 3 aromatic heterocycles. The van der Waals surface area contributed by atoms with Crippen LogP contribution in [0.1, 0.15) is 37.4 Å². The van der Waals surface area contributed by atoms with Gasteiger partial charge in [-0.3, -0.25) is 4.40 Å². The van der Waals surface area contributed by atoms with Crippen molar-refractivity contribution in [1.29, 1.82) is 0 Å². The Kier molecular flexibility index (Phi) is 4.27. The summed E-state index contributed by atoms with van der Waals surface area (Å²) in [7, 11) is 0. The monoisotopic (exact) mass is 326 g/mol. The van der Waals surface area contributed by atoms with Crippen molar-refractivity contribution in [2.24, 2.45) is 0 Å². The Balaban J connectivity index is 1.51. The van der Waals surface area contributed by atoms with Crippen molar-refractivity contribution in [3.05, 3.63) is 48.6 Å². The highest BCUT2D eigenvalue weighted by atomic mass is 16.5. The van der Waals surface area contributed by atoms with Crippen molar-refractivity contribution in [1.82, 2.24) is 29.2 Å².